The third-order valence-electron chi connectivity index (χ3n) is 9.28. The number of fused-ring (bicyclic) bond motifs is 1. The van der Waals surface area contributed by atoms with Crippen LogP contribution in [0.4, 0.5) is 22.0 Å². The minimum absolute atomic E-state index is 0.0297. The number of carbonyl (C=O) groups excluding carboxylic acids is 2. The molecule has 5 heterocycles. The summed E-state index contributed by atoms with van der Waals surface area (Å²) in [5.41, 5.74) is 1.16. The highest BCUT2D eigenvalue weighted by atomic mass is 19.4. The molecule has 12 nitrogen and oxygen atoms in total. The van der Waals surface area contributed by atoms with E-state index >= 15 is 0 Å². The Morgan fingerprint density at radius 1 is 1.22 bits per heavy atom. The first-order chi connectivity index (χ1) is 21.9. The van der Waals surface area contributed by atoms with Gasteiger partial charge in [-0.1, -0.05) is 0 Å². The van der Waals surface area contributed by atoms with Gasteiger partial charge in [-0.2, -0.15) is 23.4 Å². The first-order valence-corrected chi connectivity index (χ1v) is 15.7. The molecule has 3 fully saturated rings. The number of carbonyl (C=O) groups is 2. The summed E-state index contributed by atoms with van der Waals surface area (Å²) in [4.78, 5) is 39.5. The number of alkyl halides is 5. The van der Waals surface area contributed by atoms with E-state index in [9.17, 15) is 31.5 Å². The zero-order valence-electron chi connectivity index (χ0n) is 25.3. The first kappa shape index (κ1) is 32.2. The average molecular weight is 654 g/mol. The number of hydrogen-bond donors (Lipinski definition) is 2. The van der Waals surface area contributed by atoms with Crippen molar-refractivity contribution in [3.8, 4) is 0 Å². The number of nitrogens with one attached hydrogen (secondary N) is 2. The van der Waals surface area contributed by atoms with Crippen molar-refractivity contribution >= 4 is 17.6 Å². The molecule has 3 aliphatic rings. The summed E-state index contributed by atoms with van der Waals surface area (Å²) < 4.78 is 78.2. The van der Waals surface area contributed by atoms with Crippen LogP contribution in [0.15, 0.2) is 12.5 Å². The molecule has 2 saturated heterocycles. The fourth-order valence-electron chi connectivity index (χ4n) is 6.84. The predicted octanol–water partition coefficient (Wildman–Crippen LogP) is 3.78. The molecule has 250 valence electrons. The van der Waals surface area contributed by atoms with E-state index in [1.807, 2.05) is 0 Å². The van der Waals surface area contributed by atoms with E-state index in [1.165, 1.54) is 21.7 Å². The van der Waals surface area contributed by atoms with Gasteiger partial charge in [0.2, 0.25) is 17.7 Å². The van der Waals surface area contributed by atoms with E-state index in [1.54, 1.807) is 6.92 Å². The molecule has 2 N–H and O–H groups in total. The van der Waals surface area contributed by atoms with Crippen LogP contribution in [0, 0.1) is 17.8 Å². The lowest BCUT2D eigenvalue weighted by molar-refractivity contribution is -0.183. The summed E-state index contributed by atoms with van der Waals surface area (Å²) in [5, 5.41) is 14.0. The van der Waals surface area contributed by atoms with Crippen LogP contribution in [0.25, 0.3) is 5.78 Å². The minimum Gasteiger partial charge on any atom is -0.381 e. The Balaban J connectivity index is 1.37. The quantitative estimate of drug-likeness (QED) is 0.350. The number of ether oxygens (including phenoxy) is 1. The minimum atomic E-state index is -4.45. The average Bonchev–Trinajstić information content (AvgIpc) is 3.67. The molecule has 3 aromatic rings. The molecular weight excluding hydrogens is 617 g/mol. The fourth-order valence-corrected chi connectivity index (χ4v) is 6.84. The smallest absolute Gasteiger partial charge is 0.381 e. The van der Waals surface area contributed by atoms with E-state index in [2.05, 4.69) is 25.7 Å². The van der Waals surface area contributed by atoms with E-state index in [-0.39, 0.29) is 48.9 Å². The van der Waals surface area contributed by atoms with Gasteiger partial charge in [0.25, 0.3) is 11.7 Å². The monoisotopic (exact) mass is 653 g/mol. The summed E-state index contributed by atoms with van der Waals surface area (Å²) in [6, 6.07) is -0.934. The highest BCUT2D eigenvalue weighted by Gasteiger charge is 2.45. The van der Waals surface area contributed by atoms with Crippen molar-refractivity contribution in [1.82, 2.24) is 45.0 Å². The SMILES string of the molecule is CCn1ncnc1C(=O)N[C@H](c1cn2nc(C[C@H]3C[C@@H](C(F)(F)F)CNC3=O)c(C3CCOCC3)nc2n1)[C@@H]1CCCC(F)(F)C1. The molecule has 1 aliphatic carbocycles. The van der Waals surface area contributed by atoms with Gasteiger partial charge in [-0.05, 0) is 44.9 Å². The highest BCUT2D eigenvalue weighted by molar-refractivity contribution is 5.90. The highest BCUT2D eigenvalue weighted by Crippen LogP contribution is 2.42. The van der Waals surface area contributed by atoms with Gasteiger partial charge >= 0.3 is 6.18 Å². The number of halogens is 5. The molecule has 46 heavy (non-hydrogen) atoms. The first-order valence-electron chi connectivity index (χ1n) is 15.7. The molecule has 3 aromatic heterocycles. The van der Waals surface area contributed by atoms with Crippen molar-refractivity contribution in [2.75, 3.05) is 19.8 Å². The maximum atomic E-state index is 14.6. The molecule has 2 amide bonds. The van der Waals surface area contributed by atoms with Crippen molar-refractivity contribution in [2.24, 2.45) is 17.8 Å². The Hall–Kier alpha value is -3.76. The number of aryl methyl sites for hydroxylation is 1. The van der Waals surface area contributed by atoms with Crippen LogP contribution in [0.3, 0.4) is 0 Å². The maximum Gasteiger partial charge on any atom is 0.393 e. The van der Waals surface area contributed by atoms with E-state index in [0.29, 0.717) is 50.4 Å². The number of nitrogens with zero attached hydrogens (tertiary/aromatic N) is 7. The second-order valence-corrected chi connectivity index (χ2v) is 12.4. The molecule has 0 aromatic carbocycles. The summed E-state index contributed by atoms with van der Waals surface area (Å²) in [6.07, 6.45) is -0.969. The molecule has 4 atom stereocenters. The van der Waals surface area contributed by atoms with Gasteiger partial charge in [-0.15, -0.1) is 0 Å². The van der Waals surface area contributed by atoms with Gasteiger partial charge in [0, 0.05) is 57.4 Å². The van der Waals surface area contributed by atoms with Crippen molar-refractivity contribution in [3.63, 3.8) is 0 Å². The van der Waals surface area contributed by atoms with Crippen molar-refractivity contribution in [1.29, 1.82) is 0 Å². The number of hydrogen-bond acceptors (Lipinski definition) is 8. The normalized spacial score (nSPS) is 24.9. The number of aromatic nitrogens is 7. The lowest BCUT2D eigenvalue weighted by atomic mass is 9.80. The Kier molecular flexibility index (Phi) is 8.95. The van der Waals surface area contributed by atoms with E-state index < -0.39 is 60.7 Å². The van der Waals surface area contributed by atoms with Crippen molar-refractivity contribution < 1.29 is 36.3 Å². The Labute approximate surface area is 260 Å². The van der Waals surface area contributed by atoms with Crippen LogP contribution in [0.5, 0.6) is 0 Å². The lowest BCUT2D eigenvalue weighted by Gasteiger charge is -2.34. The molecule has 1 saturated carbocycles. The number of piperidine rings is 1. The molecule has 0 unspecified atom stereocenters. The maximum absolute atomic E-state index is 14.6. The Bertz CT molecular complexity index is 1570. The number of amides is 2. The Morgan fingerprint density at radius 2 is 2.00 bits per heavy atom. The number of rotatable bonds is 8. The van der Waals surface area contributed by atoms with Crippen LogP contribution in [-0.2, 0) is 22.5 Å². The van der Waals surface area contributed by atoms with Gasteiger partial charge in [0.15, 0.2) is 0 Å². The Morgan fingerprint density at radius 3 is 2.72 bits per heavy atom. The zero-order valence-corrected chi connectivity index (χ0v) is 25.3. The van der Waals surface area contributed by atoms with Gasteiger partial charge < -0.3 is 15.4 Å². The van der Waals surface area contributed by atoms with E-state index in [0.717, 1.165) is 0 Å². The van der Waals surface area contributed by atoms with Crippen LogP contribution >= 0.6 is 0 Å². The molecular formula is C29H36F5N9O3. The topological polar surface area (TPSA) is 141 Å². The van der Waals surface area contributed by atoms with Gasteiger partial charge in [-0.3, -0.25) is 9.59 Å². The molecule has 2 aliphatic heterocycles. The fraction of sp³-hybridized carbons (Fsp3) is 0.690. The summed E-state index contributed by atoms with van der Waals surface area (Å²) in [6.45, 7) is 2.62. The van der Waals surface area contributed by atoms with Crippen molar-refractivity contribution in [2.45, 2.75) is 88.9 Å². The van der Waals surface area contributed by atoms with Crippen LogP contribution in [0.1, 0.15) is 91.5 Å². The summed E-state index contributed by atoms with van der Waals surface area (Å²) in [7, 11) is 0. The lowest BCUT2D eigenvalue weighted by Crippen LogP contribution is -2.47. The van der Waals surface area contributed by atoms with Gasteiger partial charge in [0.1, 0.15) is 6.33 Å². The van der Waals surface area contributed by atoms with Crippen LogP contribution < -0.4 is 10.6 Å². The van der Waals surface area contributed by atoms with Crippen molar-refractivity contribution in [3.05, 3.63) is 35.4 Å². The largest absolute Gasteiger partial charge is 0.393 e. The predicted molar refractivity (Wildman–Crippen MR) is 151 cm³/mol. The molecule has 0 spiro atoms. The third-order valence-corrected chi connectivity index (χ3v) is 9.28. The second kappa shape index (κ2) is 12.8. The summed E-state index contributed by atoms with van der Waals surface area (Å²) >= 11 is 0. The third kappa shape index (κ3) is 6.83. The summed E-state index contributed by atoms with van der Waals surface area (Å²) in [5.74, 6) is -7.23. The van der Waals surface area contributed by atoms with Gasteiger partial charge in [-0.25, -0.2) is 32.9 Å². The number of imidazole rings is 1. The molecule has 0 radical (unpaired) electrons. The van der Waals surface area contributed by atoms with Crippen LogP contribution in [0.2, 0.25) is 0 Å². The van der Waals surface area contributed by atoms with E-state index in [4.69, 9.17) is 14.8 Å². The molecule has 0 bridgehead atoms. The molecule has 6 rings (SSSR count). The molecule has 17 heteroatoms. The van der Waals surface area contributed by atoms with Crippen LogP contribution in [-0.4, -0.2) is 78.0 Å². The zero-order chi connectivity index (χ0) is 32.6. The standard InChI is InChI=1S/C29H36F5N9O3/c1-2-42-24(36-15-37-42)26(45)39-23(17-4-3-7-28(30,31)12-17)21-14-43-27(38-21)40-22(16-5-8-46-9-6-16)20(41-43)11-18-10-19(29(32,33)34)13-35-25(18)44/h14-19,23H,2-13H2,1H3,(H,35,44)(H,39,45)/t17-,18-,19-,23+/m1/s1. The van der Waals surface area contributed by atoms with Gasteiger partial charge in [0.05, 0.1) is 35.2 Å². The second-order valence-electron chi connectivity index (χ2n) is 12.4.